The van der Waals surface area contributed by atoms with Gasteiger partial charge in [0.25, 0.3) is 0 Å². The van der Waals surface area contributed by atoms with Gasteiger partial charge in [0.05, 0.1) is 23.4 Å². The molecule has 1 aromatic carbocycles. The van der Waals surface area contributed by atoms with Gasteiger partial charge in [-0.15, -0.1) is 0 Å². The zero-order valence-corrected chi connectivity index (χ0v) is 15.7. The maximum Gasteiger partial charge on any atom is 0.222 e. The van der Waals surface area contributed by atoms with Crippen LogP contribution in [0.5, 0.6) is 0 Å². The Morgan fingerprint density at radius 3 is 2.73 bits per heavy atom. The number of hydrogen-bond acceptors (Lipinski definition) is 5. The minimum absolute atomic E-state index is 0.0861. The van der Waals surface area contributed by atoms with Crippen molar-refractivity contribution in [3.8, 4) is 0 Å². The highest BCUT2D eigenvalue weighted by molar-refractivity contribution is 6.08. The summed E-state index contributed by atoms with van der Waals surface area (Å²) in [6.45, 7) is 7.95. The number of para-hydroxylation sites is 1. The second-order valence-corrected chi connectivity index (χ2v) is 7.23. The summed E-state index contributed by atoms with van der Waals surface area (Å²) < 4.78 is 5.61. The molecule has 0 aliphatic carbocycles. The van der Waals surface area contributed by atoms with Crippen LogP contribution in [0.1, 0.15) is 45.6 Å². The fourth-order valence-corrected chi connectivity index (χ4v) is 3.39. The average Bonchev–Trinajstić information content (AvgIpc) is 2.90. The molecule has 2 aromatic rings. The molecule has 3 rings (SSSR count). The van der Waals surface area contributed by atoms with Crippen molar-refractivity contribution in [2.45, 2.75) is 45.6 Å². The van der Waals surface area contributed by atoms with Crippen LogP contribution in [0.4, 0.5) is 11.5 Å². The first-order chi connectivity index (χ1) is 12.3. The Bertz CT molecular complexity index is 868. The third kappa shape index (κ3) is 3.76. The fraction of sp³-hybridized carbons (Fsp3) is 0.450. The van der Waals surface area contributed by atoms with E-state index in [2.05, 4.69) is 10.3 Å². The van der Waals surface area contributed by atoms with Crippen molar-refractivity contribution in [2.24, 2.45) is 4.99 Å². The Morgan fingerprint density at radius 2 is 2.08 bits per heavy atom. The van der Waals surface area contributed by atoms with Gasteiger partial charge in [0.2, 0.25) is 5.91 Å². The molecule has 1 atom stereocenters. The molecule has 6 heteroatoms. The quantitative estimate of drug-likeness (QED) is 0.830. The fourth-order valence-electron chi connectivity index (χ4n) is 3.39. The van der Waals surface area contributed by atoms with Gasteiger partial charge in [-0.1, -0.05) is 18.2 Å². The summed E-state index contributed by atoms with van der Waals surface area (Å²) in [5.74, 6) is 0.179. The number of nitrogens with one attached hydrogen (secondary N) is 1. The second kappa shape index (κ2) is 7.13. The van der Waals surface area contributed by atoms with Gasteiger partial charge in [-0.05, 0) is 38.8 Å². The number of pyridine rings is 1. The Morgan fingerprint density at radius 1 is 1.35 bits per heavy atom. The van der Waals surface area contributed by atoms with E-state index in [1.807, 2.05) is 31.2 Å². The first-order valence-corrected chi connectivity index (χ1v) is 8.88. The monoisotopic (exact) mass is 355 g/mol. The van der Waals surface area contributed by atoms with Gasteiger partial charge in [0, 0.05) is 24.8 Å². The SMILES string of the molecule is CCOCC1=Nc2c(NC(C)=O)nc3ccccc3c2C1CC(C)(C)O. The normalized spacial score (nSPS) is 16.5. The predicted octanol–water partition coefficient (Wildman–Crippen LogP) is 3.56. The number of rotatable bonds is 6. The van der Waals surface area contributed by atoms with Crippen molar-refractivity contribution in [3.05, 3.63) is 29.8 Å². The van der Waals surface area contributed by atoms with Crippen molar-refractivity contribution in [2.75, 3.05) is 18.5 Å². The molecule has 0 saturated heterocycles. The lowest BCUT2D eigenvalue weighted by Crippen LogP contribution is -2.27. The molecule has 0 bridgehead atoms. The Kier molecular flexibility index (Phi) is 5.07. The number of aliphatic hydroxyl groups is 1. The van der Waals surface area contributed by atoms with E-state index < -0.39 is 5.60 Å². The molecule has 1 amide bonds. The summed E-state index contributed by atoms with van der Waals surface area (Å²) in [5.41, 5.74) is 2.45. The van der Waals surface area contributed by atoms with Crippen LogP contribution < -0.4 is 5.32 Å². The molecule has 6 nitrogen and oxygen atoms in total. The van der Waals surface area contributed by atoms with Gasteiger partial charge in [-0.25, -0.2) is 4.98 Å². The third-order valence-corrected chi connectivity index (χ3v) is 4.36. The van der Waals surface area contributed by atoms with E-state index in [1.54, 1.807) is 13.8 Å². The molecular weight excluding hydrogens is 330 g/mol. The van der Waals surface area contributed by atoms with Gasteiger partial charge in [0.1, 0.15) is 5.69 Å². The van der Waals surface area contributed by atoms with E-state index in [9.17, 15) is 9.90 Å². The minimum Gasteiger partial charge on any atom is -0.390 e. The summed E-state index contributed by atoms with van der Waals surface area (Å²) >= 11 is 0. The largest absolute Gasteiger partial charge is 0.390 e. The number of aliphatic imine (C=N–C) groups is 1. The van der Waals surface area contributed by atoms with Crippen LogP contribution in [0.15, 0.2) is 29.3 Å². The number of aromatic nitrogens is 1. The first kappa shape index (κ1) is 18.5. The molecule has 0 radical (unpaired) electrons. The highest BCUT2D eigenvalue weighted by atomic mass is 16.5. The number of amides is 1. The van der Waals surface area contributed by atoms with Gasteiger partial charge in [0.15, 0.2) is 5.82 Å². The van der Waals surface area contributed by atoms with Crippen molar-refractivity contribution in [3.63, 3.8) is 0 Å². The molecule has 1 aliphatic rings. The number of nitrogens with zero attached hydrogens (tertiary/aromatic N) is 2. The van der Waals surface area contributed by atoms with Crippen LogP contribution in [-0.4, -0.2) is 40.5 Å². The van der Waals surface area contributed by atoms with Crippen LogP contribution >= 0.6 is 0 Å². The Balaban J connectivity index is 2.20. The predicted molar refractivity (Wildman–Crippen MR) is 103 cm³/mol. The number of benzene rings is 1. The molecule has 2 N–H and O–H groups in total. The number of fused-ring (bicyclic) bond motifs is 3. The topological polar surface area (TPSA) is 83.8 Å². The van der Waals surface area contributed by atoms with Crippen LogP contribution in [0.3, 0.4) is 0 Å². The van der Waals surface area contributed by atoms with E-state index in [0.717, 1.165) is 22.2 Å². The molecule has 26 heavy (non-hydrogen) atoms. The third-order valence-electron chi connectivity index (χ3n) is 4.36. The number of carbonyl (C=O) groups excluding carboxylic acids is 1. The number of hydrogen-bond donors (Lipinski definition) is 2. The smallest absolute Gasteiger partial charge is 0.222 e. The molecule has 0 fully saturated rings. The summed E-state index contributed by atoms with van der Waals surface area (Å²) in [6.07, 6.45) is 0.513. The number of ether oxygens (including phenoxy) is 1. The molecule has 1 unspecified atom stereocenters. The van der Waals surface area contributed by atoms with E-state index in [0.29, 0.717) is 31.1 Å². The lowest BCUT2D eigenvalue weighted by molar-refractivity contribution is -0.114. The van der Waals surface area contributed by atoms with E-state index >= 15 is 0 Å². The van der Waals surface area contributed by atoms with E-state index in [1.165, 1.54) is 6.92 Å². The Hall–Kier alpha value is -2.31. The van der Waals surface area contributed by atoms with Gasteiger partial charge in [-0.3, -0.25) is 9.79 Å². The molecule has 1 aliphatic heterocycles. The van der Waals surface area contributed by atoms with Crippen LogP contribution in [0, 0.1) is 0 Å². The molecular formula is C20H25N3O3. The zero-order chi connectivity index (χ0) is 18.9. The van der Waals surface area contributed by atoms with Crippen LogP contribution in [-0.2, 0) is 9.53 Å². The van der Waals surface area contributed by atoms with Crippen molar-refractivity contribution in [1.82, 2.24) is 4.98 Å². The van der Waals surface area contributed by atoms with E-state index in [4.69, 9.17) is 9.73 Å². The highest BCUT2D eigenvalue weighted by Crippen LogP contribution is 2.46. The summed E-state index contributed by atoms with van der Waals surface area (Å²) in [7, 11) is 0. The van der Waals surface area contributed by atoms with Gasteiger partial charge < -0.3 is 15.2 Å². The van der Waals surface area contributed by atoms with E-state index in [-0.39, 0.29) is 11.8 Å². The minimum atomic E-state index is -0.863. The average molecular weight is 355 g/mol. The summed E-state index contributed by atoms with van der Waals surface area (Å²) in [5, 5.41) is 14.2. The van der Waals surface area contributed by atoms with Crippen LogP contribution in [0.2, 0.25) is 0 Å². The molecule has 1 aromatic heterocycles. The number of carbonyl (C=O) groups is 1. The highest BCUT2D eigenvalue weighted by Gasteiger charge is 2.35. The lowest BCUT2D eigenvalue weighted by Gasteiger charge is -2.24. The van der Waals surface area contributed by atoms with Gasteiger partial charge >= 0.3 is 0 Å². The lowest BCUT2D eigenvalue weighted by atomic mass is 9.84. The van der Waals surface area contributed by atoms with Crippen molar-refractivity contribution in [1.29, 1.82) is 0 Å². The molecule has 0 saturated carbocycles. The number of anilines is 1. The van der Waals surface area contributed by atoms with Crippen molar-refractivity contribution < 1.29 is 14.6 Å². The maximum atomic E-state index is 11.6. The standard InChI is InChI=1S/C20H25N3O3/c1-5-26-11-16-14(10-20(3,4)25)17-13-8-6-7-9-15(13)23-19(18(17)22-16)21-12(2)24/h6-9,14,25H,5,10-11H2,1-4H3,(H,21,23,24). The summed E-state index contributed by atoms with van der Waals surface area (Å²) in [4.78, 5) is 21.0. The first-order valence-electron chi connectivity index (χ1n) is 8.88. The maximum absolute atomic E-state index is 11.6. The van der Waals surface area contributed by atoms with Crippen LogP contribution in [0.25, 0.3) is 10.9 Å². The van der Waals surface area contributed by atoms with Crippen molar-refractivity contribution >= 4 is 34.0 Å². The molecule has 2 heterocycles. The Labute approximate surface area is 153 Å². The zero-order valence-electron chi connectivity index (χ0n) is 15.7. The van der Waals surface area contributed by atoms with Gasteiger partial charge in [-0.2, -0.15) is 0 Å². The second-order valence-electron chi connectivity index (χ2n) is 7.23. The molecule has 0 spiro atoms. The summed E-state index contributed by atoms with van der Waals surface area (Å²) in [6, 6.07) is 7.81. The molecule has 138 valence electrons.